The summed E-state index contributed by atoms with van der Waals surface area (Å²) in [6.07, 6.45) is 5.52. The number of aryl methyl sites for hydroxylation is 2. The zero-order chi connectivity index (χ0) is 12.3. The number of carbonyl (C=O) groups is 1. The molecule has 0 spiro atoms. The summed E-state index contributed by atoms with van der Waals surface area (Å²) in [6.45, 7) is 0. The molecule has 17 heavy (non-hydrogen) atoms. The van der Waals surface area contributed by atoms with E-state index in [2.05, 4.69) is 23.9 Å². The lowest BCUT2D eigenvalue weighted by atomic mass is 9.88. The molecule has 3 N–H and O–H groups in total. The van der Waals surface area contributed by atoms with Crippen molar-refractivity contribution in [2.24, 2.45) is 0 Å². The molecule has 1 aromatic rings. The summed E-state index contributed by atoms with van der Waals surface area (Å²) < 4.78 is 0. The number of carboxylic acids is 1. The van der Waals surface area contributed by atoms with Crippen LogP contribution < -0.4 is 10.8 Å². The van der Waals surface area contributed by atoms with Crippen molar-refractivity contribution in [3.05, 3.63) is 34.9 Å². The predicted octanol–water partition coefficient (Wildman–Crippen LogP) is 0.378. The Kier molecular flexibility index (Phi) is 3.79. The van der Waals surface area contributed by atoms with Gasteiger partial charge in [0.2, 0.25) is 0 Å². The van der Waals surface area contributed by atoms with Crippen LogP contribution in [0.5, 0.6) is 0 Å². The second-order valence-corrected chi connectivity index (χ2v) is 4.84. The zero-order valence-electron chi connectivity index (χ0n) is 10.1. The van der Waals surface area contributed by atoms with Gasteiger partial charge < -0.3 is 15.6 Å². The summed E-state index contributed by atoms with van der Waals surface area (Å²) in [5, 5.41) is 10.4. The van der Waals surface area contributed by atoms with Gasteiger partial charge in [0, 0.05) is 18.0 Å². The standard InChI is InChI=1S/C14H19NO2/c15-13(7-8-14(16)17)12-6-5-10-3-1-2-4-11(10)9-12/h5-6,9,13H,1-4,7-8,15H2,(H,16,17)/t13-/m0/s1. The van der Waals surface area contributed by atoms with Crippen LogP contribution in [0.4, 0.5) is 0 Å². The van der Waals surface area contributed by atoms with Crippen LogP contribution in [0.2, 0.25) is 0 Å². The molecule has 3 heteroatoms. The van der Waals surface area contributed by atoms with Crippen LogP contribution in [0.1, 0.15) is 48.4 Å². The maximum Gasteiger partial charge on any atom is 0.110 e. The molecule has 1 aliphatic carbocycles. The molecule has 0 saturated carbocycles. The van der Waals surface area contributed by atoms with Gasteiger partial charge in [-0.25, -0.2) is 0 Å². The van der Waals surface area contributed by atoms with Gasteiger partial charge in [-0.3, -0.25) is 0 Å². The fourth-order valence-corrected chi connectivity index (χ4v) is 2.47. The topological polar surface area (TPSA) is 67.8 Å². The number of carboxylic acid groups (broad SMARTS) is 1. The molecule has 0 aliphatic heterocycles. The molecule has 3 nitrogen and oxygen atoms in total. The number of fused-ring (bicyclic) bond motifs is 1. The van der Waals surface area contributed by atoms with E-state index in [0.717, 1.165) is 12.0 Å². The van der Waals surface area contributed by atoms with Crippen molar-refractivity contribution < 1.29 is 15.6 Å². The van der Waals surface area contributed by atoms with Crippen molar-refractivity contribution in [3.63, 3.8) is 0 Å². The van der Waals surface area contributed by atoms with E-state index in [-0.39, 0.29) is 12.5 Å². The summed E-state index contributed by atoms with van der Waals surface area (Å²) in [4.78, 5) is 10.4. The van der Waals surface area contributed by atoms with E-state index in [9.17, 15) is 9.90 Å². The monoisotopic (exact) mass is 233 g/mol. The third kappa shape index (κ3) is 3.07. The lowest BCUT2D eigenvalue weighted by Crippen LogP contribution is -2.53. The first kappa shape index (κ1) is 12.1. The summed E-state index contributed by atoms with van der Waals surface area (Å²) in [5.41, 5.74) is 8.07. The number of carbonyl (C=O) groups excluding carboxylic acids is 1. The Labute approximate surface area is 102 Å². The molecule has 0 unspecified atom stereocenters. The SMILES string of the molecule is [NH3+][C@@H](CCC(=O)[O-])c1ccc2c(c1)CCCC2. The van der Waals surface area contributed by atoms with Gasteiger partial charge >= 0.3 is 0 Å². The Morgan fingerprint density at radius 1 is 1.29 bits per heavy atom. The average Bonchev–Trinajstić information content (AvgIpc) is 2.35. The van der Waals surface area contributed by atoms with Crippen LogP contribution >= 0.6 is 0 Å². The minimum absolute atomic E-state index is 0.0557. The number of quaternary nitrogens is 1. The van der Waals surface area contributed by atoms with Gasteiger partial charge in [-0.1, -0.05) is 12.1 Å². The van der Waals surface area contributed by atoms with E-state index < -0.39 is 5.97 Å². The first-order valence-corrected chi connectivity index (χ1v) is 6.31. The molecule has 1 aliphatic rings. The lowest BCUT2D eigenvalue weighted by molar-refractivity contribution is -0.428. The van der Waals surface area contributed by atoms with Gasteiger partial charge in [-0.2, -0.15) is 0 Å². The van der Waals surface area contributed by atoms with Crippen molar-refractivity contribution in [1.29, 1.82) is 0 Å². The Bertz CT molecular complexity index is 415. The highest BCUT2D eigenvalue weighted by atomic mass is 16.4. The van der Waals surface area contributed by atoms with Crippen molar-refractivity contribution in [2.75, 3.05) is 0 Å². The lowest BCUT2D eigenvalue weighted by Gasteiger charge is -2.18. The van der Waals surface area contributed by atoms with Gasteiger partial charge in [0.05, 0.1) is 0 Å². The zero-order valence-corrected chi connectivity index (χ0v) is 10.1. The van der Waals surface area contributed by atoms with E-state index in [0.29, 0.717) is 6.42 Å². The van der Waals surface area contributed by atoms with Crippen LogP contribution in [0, 0.1) is 0 Å². The molecule has 0 heterocycles. The van der Waals surface area contributed by atoms with E-state index >= 15 is 0 Å². The number of hydrogen-bond acceptors (Lipinski definition) is 2. The highest BCUT2D eigenvalue weighted by molar-refractivity contribution is 5.64. The Hall–Kier alpha value is -1.35. The number of aliphatic carboxylic acids is 1. The third-order valence-corrected chi connectivity index (χ3v) is 3.54. The average molecular weight is 233 g/mol. The highest BCUT2D eigenvalue weighted by Crippen LogP contribution is 2.24. The van der Waals surface area contributed by atoms with Gasteiger partial charge in [0.25, 0.3) is 0 Å². The van der Waals surface area contributed by atoms with Gasteiger partial charge in [-0.05, 0) is 49.3 Å². The number of hydrogen-bond donors (Lipinski definition) is 1. The number of benzene rings is 1. The molecule has 1 atom stereocenters. The highest BCUT2D eigenvalue weighted by Gasteiger charge is 2.14. The first-order valence-electron chi connectivity index (χ1n) is 6.31. The molecule has 1 aromatic carbocycles. The van der Waals surface area contributed by atoms with Crippen LogP contribution in [0.25, 0.3) is 0 Å². The maximum atomic E-state index is 10.4. The number of rotatable bonds is 4. The van der Waals surface area contributed by atoms with Crippen molar-refractivity contribution in [2.45, 2.75) is 44.6 Å². The minimum Gasteiger partial charge on any atom is -0.550 e. The molecule has 0 bridgehead atoms. The largest absolute Gasteiger partial charge is 0.550 e. The molecule has 92 valence electrons. The molecular weight excluding hydrogens is 214 g/mol. The Morgan fingerprint density at radius 2 is 2.00 bits per heavy atom. The van der Waals surface area contributed by atoms with Crippen LogP contribution in [-0.2, 0) is 17.6 Å². The van der Waals surface area contributed by atoms with E-state index in [1.54, 1.807) is 0 Å². The van der Waals surface area contributed by atoms with Crippen molar-refractivity contribution >= 4 is 5.97 Å². The summed E-state index contributed by atoms with van der Waals surface area (Å²) in [6, 6.07) is 6.54. The normalized spacial score (nSPS) is 16.3. The molecule has 0 aromatic heterocycles. The van der Waals surface area contributed by atoms with Crippen LogP contribution in [-0.4, -0.2) is 5.97 Å². The van der Waals surface area contributed by atoms with Gasteiger partial charge in [0.15, 0.2) is 0 Å². The van der Waals surface area contributed by atoms with Crippen LogP contribution in [0.15, 0.2) is 18.2 Å². The minimum atomic E-state index is -0.989. The maximum absolute atomic E-state index is 10.4. The van der Waals surface area contributed by atoms with Crippen LogP contribution in [0.3, 0.4) is 0 Å². The van der Waals surface area contributed by atoms with Gasteiger partial charge in [0.1, 0.15) is 6.04 Å². The molecule has 0 radical (unpaired) electrons. The van der Waals surface area contributed by atoms with E-state index in [1.807, 2.05) is 0 Å². The Balaban J connectivity index is 2.08. The smallest absolute Gasteiger partial charge is 0.110 e. The summed E-state index contributed by atoms with van der Waals surface area (Å²) in [5.74, 6) is -0.989. The molecular formula is C14H19NO2. The third-order valence-electron chi connectivity index (χ3n) is 3.54. The van der Waals surface area contributed by atoms with Gasteiger partial charge in [-0.15, -0.1) is 0 Å². The molecule has 0 saturated heterocycles. The first-order chi connectivity index (χ1) is 8.16. The predicted molar refractivity (Wildman–Crippen MR) is 63.0 cm³/mol. The fraction of sp³-hybridized carbons (Fsp3) is 0.500. The quantitative estimate of drug-likeness (QED) is 0.816. The summed E-state index contributed by atoms with van der Waals surface area (Å²) in [7, 11) is 0. The summed E-state index contributed by atoms with van der Waals surface area (Å²) >= 11 is 0. The fourth-order valence-electron chi connectivity index (χ4n) is 2.47. The van der Waals surface area contributed by atoms with E-state index in [4.69, 9.17) is 0 Å². The molecule has 2 rings (SSSR count). The molecule has 0 amide bonds. The van der Waals surface area contributed by atoms with E-state index in [1.165, 1.54) is 30.4 Å². The second kappa shape index (κ2) is 5.32. The van der Waals surface area contributed by atoms with Crippen molar-refractivity contribution in [1.82, 2.24) is 0 Å². The Morgan fingerprint density at radius 3 is 2.71 bits per heavy atom. The second-order valence-electron chi connectivity index (χ2n) is 4.84. The van der Waals surface area contributed by atoms with Crippen molar-refractivity contribution in [3.8, 4) is 0 Å². The molecule has 0 fully saturated rings.